The van der Waals surface area contributed by atoms with Gasteiger partial charge in [0.1, 0.15) is 5.76 Å². The summed E-state index contributed by atoms with van der Waals surface area (Å²) in [5, 5.41) is 8.96. The van der Waals surface area contributed by atoms with Gasteiger partial charge in [0.15, 0.2) is 6.29 Å². The highest BCUT2D eigenvalue weighted by Crippen LogP contribution is 2.20. The first-order valence-electron chi connectivity index (χ1n) is 9.44. The average Bonchev–Trinajstić information content (AvgIpc) is 2.53. The van der Waals surface area contributed by atoms with Gasteiger partial charge in [0.05, 0.1) is 12.7 Å². The maximum atomic E-state index is 10.9. The summed E-state index contributed by atoms with van der Waals surface area (Å²) in [7, 11) is 0. The van der Waals surface area contributed by atoms with Crippen molar-refractivity contribution in [3.63, 3.8) is 0 Å². The lowest BCUT2D eigenvalue weighted by Gasteiger charge is -2.24. The summed E-state index contributed by atoms with van der Waals surface area (Å²) in [6, 6.07) is 0. The Kier molecular flexibility index (Phi) is 11.7. The monoisotopic (exact) mass is 326 g/mol. The molecule has 0 saturated carbocycles. The summed E-state index contributed by atoms with van der Waals surface area (Å²) in [6.07, 6.45) is 16.0. The lowest BCUT2D eigenvalue weighted by molar-refractivity contribution is -0.142. The molecule has 4 nitrogen and oxygen atoms in total. The van der Waals surface area contributed by atoms with E-state index >= 15 is 0 Å². The largest absolute Gasteiger partial charge is 0.478 e. The van der Waals surface area contributed by atoms with Crippen LogP contribution >= 0.6 is 0 Å². The van der Waals surface area contributed by atoms with Crippen LogP contribution in [-0.2, 0) is 14.3 Å². The molecule has 1 atom stereocenters. The van der Waals surface area contributed by atoms with E-state index in [4.69, 9.17) is 14.6 Å². The third-order valence-corrected chi connectivity index (χ3v) is 4.23. The lowest BCUT2D eigenvalue weighted by atomic mass is 10.1. The van der Waals surface area contributed by atoms with Gasteiger partial charge < -0.3 is 14.6 Å². The quantitative estimate of drug-likeness (QED) is 0.279. The van der Waals surface area contributed by atoms with Gasteiger partial charge in [-0.25, -0.2) is 4.79 Å². The van der Waals surface area contributed by atoms with E-state index in [-0.39, 0.29) is 6.29 Å². The SMILES string of the molecule is CCCCCCCCCCCC(=CC(=O)O)O[C@@H]1CCCCO1. The first-order valence-corrected chi connectivity index (χ1v) is 9.44. The Labute approximate surface area is 141 Å². The Morgan fingerprint density at radius 2 is 1.74 bits per heavy atom. The van der Waals surface area contributed by atoms with Crippen LogP contribution in [-0.4, -0.2) is 24.0 Å². The van der Waals surface area contributed by atoms with Gasteiger partial charge in [-0.3, -0.25) is 0 Å². The van der Waals surface area contributed by atoms with Crippen molar-refractivity contribution in [1.29, 1.82) is 0 Å². The van der Waals surface area contributed by atoms with Crippen molar-refractivity contribution in [2.75, 3.05) is 6.61 Å². The second-order valence-corrected chi connectivity index (χ2v) is 6.44. The zero-order valence-corrected chi connectivity index (χ0v) is 14.7. The molecule has 0 amide bonds. The minimum Gasteiger partial charge on any atom is -0.478 e. The van der Waals surface area contributed by atoms with Crippen molar-refractivity contribution in [2.24, 2.45) is 0 Å². The molecule has 0 unspecified atom stereocenters. The van der Waals surface area contributed by atoms with Crippen LogP contribution in [0.15, 0.2) is 11.8 Å². The van der Waals surface area contributed by atoms with E-state index in [1.54, 1.807) is 0 Å². The van der Waals surface area contributed by atoms with Crippen LogP contribution in [0.3, 0.4) is 0 Å². The molecule has 0 aromatic heterocycles. The van der Waals surface area contributed by atoms with Crippen LogP contribution in [0, 0.1) is 0 Å². The number of rotatable bonds is 13. The van der Waals surface area contributed by atoms with Crippen LogP contribution in [0.5, 0.6) is 0 Å². The van der Waals surface area contributed by atoms with Crippen molar-refractivity contribution in [3.8, 4) is 0 Å². The van der Waals surface area contributed by atoms with Gasteiger partial charge in [-0.2, -0.15) is 0 Å². The summed E-state index contributed by atoms with van der Waals surface area (Å²) in [5.74, 6) is -0.376. The zero-order valence-electron chi connectivity index (χ0n) is 14.7. The van der Waals surface area contributed by atoms with Crippen molar-refractivity contribution in [3.05, 3.63) is 11.8 Å². The van der Waals surface area contributed by atoms with Gasteiger partial charge in [0.2, 0.25) is 0 Å². The highest BCUT2D eigenvalue weighted by molar-refractivity contribution is 5.80. The fourth-order valence-electron chi connectivity index (χ4n) is 2.89. The van der Waals surface area contributed by atoms with Crippen molar-refractivity contribution >= 4 is 5.97 Å². The molecule has 0 aromatic rings. The molecule has 134 valence electrons. The van der Waals surface area contributed by atoms with E-state index in [1.807, 2.05) is 0 Å². The molecule has 23 heavy (non-hydrogen) atoms. The highest BCUT2D eigenvalue weighted by atomic mass is 16.7. The molecule has 1 aliphatic rings. The van der Waals surface area contributed by atoms with Crippen LogP contribution < -0.4 is 0 Å². The number of carbonyl (C=O) groups is 1. The van der Waals surface area contributed by atoms with Gasteiger partial charge in [0, 0.05) is 12.8 Å². The number of carboxylic acid groups (broad SMARTS) is 1. The lowest BCUT2D eigenvalue weighted by Crippen LogP contribution is -2.22. The number of ether oxygens (including phenoxy) is 2. The predicted molar refractivity (Wildman–Crippen MR) is 92.2 cm³/mol. The Morgan fingerprint density at radius 1 is 1.09 bits per heavy atom. The van der Waals surface area contributed by atoms with E-state index in [1.165, 1.54) is 51.0 Å². The van der Waals surface area contributed by atoms with Crippen LogP contribution in [0.2, 0.25) is 0 Å². The number of aliphatic carboxylic acids is 1. The molecule has 0 spiro atoms. The smallest absolute Gasteiger partial charge is 0.331 e. The van der Waals surface area contributed by atoms with E-state index in [2.05, 4.69) is 6.92 Å². The normalized spacial score (nSPS) is 18.8. The molecule has 0 aliphatic carbocycles. The standard InChI is InChI=1S/C19H34O4/c1-2-3-4-5-6-7-8-9-10-13-17(16-18(20)21)23-19-14-11-12-15-22-19/h16,19H,2-15H2,1H3,(H,20,21)/t19-/m1/s1. The maximum Gasteiger partial charge on any atom is 0.331 e. The van der Waals surface area contributed by atoms with Gasteiger partial charge in [0.25, 0.3) is 0 Å². The molecule has 1 rings (SSSR count). The van der Waals surface area contributed by atoms with Crippen LogP contribution in [0.25, 0.3) is 0 Å². The number of hydrogen-bond donors (Lipinski definition) is 1. The van der Waals surface area contributed by atoms with Gasteiger partial charge >= 0.3 is 5.97 Å². The minimum atomic E-state index is -0.938. The highest BCUT2D eigenvalue weighted by Gasteiger charge is 2.16. The third-order valence-electron chi connectivity index (χ3n) is 4.23. The van der Waals surface area contributed by atoms with E-state index in [0.717, 1.165) is 32.1 Å². The summed E-state index contributed by atoms with van der Waals surface area (Å²) >= 11 is 0. The Morgan fingerprint density at radius 3 is 2.30 bits per heavy atom. The summed E-state index contributed by atoms with van der Waals surface area (Å²) in [4.78, 5) is 10.9. The zero-order chi connectivity index (χ0) is 16.8. The fourth-order valence-corrected chi connectivity index (χ4v) is 2.89. The van der Waals surface area contributed by atoms with Gasteiger partial charge in [-0.15, -0.1) is 0 Å². The van der Waals surface area contributed by atoms with Crippen molar-refractivity contribution < 1.29 is 19.4 Å². The molecular formula is C19H34O4. The number of hydrogen-bond acceptors (Lipinski definition) is 3. The topological polar surface area (TPSA) is 55.8 Å². The van der Waals surface area contributed by atoms with Gasteiger partial charge in [-0.1, -0.05) is 58.3 Å². The molecule has 1 aliphatic heterocycles. The Balaban J connectivity index is 2.12. The van der Waals surface area contributed by atoms with E-state index in [0.29, 0.717) is 18.8 Å². The summed E-state index contributed by atoms with van der Waals surface area (Å²) in [6.45, 7) is 2.95. The van der Waals surface area contributed by atoms with E-state index < -0.39 is 5.97 Å². The molecule has 0 radical (unpaired) electrons. The van der Waals surface area contributed by atoms with Crippen LogP contribution in [0.4, 0.5) is 0 Å². The average molecular weight is 326 g/mol. The van der Waals surface area contributed by atoms with Crippen molar-refractivity contribution in [1.82, 2.24) is 0 Å². The molecule has 1 fully saturated rings. The van der Waals surface area contributed by atoms with Crippen LogP contribution in [0.1, 0.15) is 90.4 Å². The van der Waals surface area contributed by atoms with Crippen molar-refractivity contribution in [2.45, 2.75) is 96.7 Å². The maximum absolute atomic E-state index is 10.9. The number of carboxylic acids is 1. The molecule has 1 N–H and O–H groups in total. The molecular weight excluding hydrogens is 292 g/mol. The molecule has 4 heteroatoms. The molecule has 0 aromatic carbocycles. The predicted octanol–water partition coefficient (Wildman–Crippen LogP) is 5.42. The minimum absolute atomic E-state index is 0.257. The molecule has 0 bridgehead atoms. The number of allylic oxidation sites excluding steroid dienone is 1. The molecule has 1 saturated heterocycles. The fraction of sp³-hybridized carbons (Fsp3) is 0.842. The van der Waals surface area contributed by atoms with Gasteiger partial charge in [-0.05, 0) is 19.3 Å². The summed E-state index contributed by atoms with van der Waals surface area (Å²) < 4.78 is 11.3. The Bertz CT molecular complexity index is 332. The third kappa shape index (κ3) is 11.2. The second-order valence-electron chi connectivity index (χ2n) is 6.44. The second kappa shape index (κ2) is 13.4. The first-order chi connectivity index (χ1) is 11.2. The first kappa shape index (κ1) is 20.0. The molecule has 1 heterocycles. The number of unbranched alkanes of at least 4 members (excludes halogenated alkanes) is 8. The Hall–Kier alpha value is -1.03. The summed E-state index contributed by atoms with van der Waals surface area (Å²) in [5.41, 5.74) is 0. The van der Waals surface area contributed by atoms with E-state index in [9.17, 15) is 4.79 Å².